The van der Waals surface area contributed by atoms with Gasteiger partial charge in [0.25, 0.3) is 0 Å². The Morgan fingerprint density at radius 2 is 2.10 bits per heavy atom. The molecule has 0 unspecified atom stereocenters. The lowest BCUT2D eigenvalue weighted by atomic mass is 10.1. The first kappa shape index (κ1) is 13.0. The summed E-state index contributed by atoms with van der Waals surface area (Å²) in [6, 6.07) is 11.6. The number of hydrogen-bond donors (Lipinski definition) is 1. The molecule has 104 valence electrons. The van der Waals surface area contributed by atoms with Crippen molar-refractivity contribution in [1.82, 2.24) is 0 Å². The van der Waals surface area contributed by atoms with Crippen LogP contribution in [-0.2, 0) is 13.0 Å². The molecule has 1 aliphatic rings. The average molecular weight is 270 g/mol. The van der Waals surface area contributed by atoms with E-state index >= 15 is 0 Å². The number of halogens is 1. The van der Waals surface area contributed by atoms with Gasteiger partial charge in [-0.25, -0.2) is 4.39 Å². The molecular formula is C17H19FN2. The summed E-state index contributed by atoms with van der Waals surface area (Å²) in [5, 5.41) is 3.21. The minimum atomic E-state index is -0.189. The van der Waals surface area contributed by atoms with E-state index < -0.39 is 0 Å². The number of likely N-dealkylation sites (N-methyl/N-ethyl adjacent to an activating group) is 1. The Kier molecular flexibility index (Phi) is 3.35. The summed E-state index contributed by atoms with van der Waals surface area (Å²) in [5.41, 5.74) is 5.44. The Morgan fingerprint density at radius 1 is 1.25 bits per heavy atom. The van der Waals surface area contributed by atoms with Crippen molar-refractivity contribution in [3.8, 4) is 0 Å². The van der Waals surface area contributed by atoms with E-state index in [1.54, 1.807) is 6.07 Å². The molecule has 0 radical (unpaired) electrons. The van der Waals surface area contributed by atoms with Crippen molar-refractivity contribution in [3.05, 3.63) is 58.9 Å². The van der Waals surface area contributed by atoms with Crippen LogP contribution in [0, 0.1) is 12.7 Å². The minimum absolute atomic E-state index is 0.189. The first-order chi connectivity index (χ1) is 9.65. The van der Waals surface area contributed by atoms with E-state index in [0.717, 1.165) is 18.5 Å². The summed E-state index contributed by atoms with van der Waals surface area (Å²) in [7, 11) is 2.12. The number of para-hydroxylation sites is 1. The Morgan fingerprint density at radius 3 is 2.90 bits per heavy atom. The lowest BCUT2D eigenvalue weighted by Crippen LogP contribution is -2.12. The van der Waals surface area contributed by atoms with Crippen LogP contribution in [0.25, 0.3) is 0 Å². The molecule has 0 saturated carbocycles. The summed E-state index contributed by atoms with van der Waals surface area (Å²) in [5.74, 6) is -0.189. The Hall–Kier alpha value is -2.03. The maximum atomic E-state index is 13.8. The fraction of sp³-hybridized carbons (Fsp3) is 0.294. The third-order valence-corrected chi connectivity index (χ3v) is 3.96. The summed E-state index contributed by atoms with van der Waals surface area (Å²) < 4.78 is 13.8. The molecule has 0 amide bonds. The van der Waals surface area contributed by atoms with E-state index in [-0.39, 0.29) is 5.82 Å². The molecule has 0 spiro atoms. The normalized spacial score (nSPS) is 13.4. The number of aryl methyl sites for hydroxylation is 1. The Balaban J connectivity index is 1.76. The first-order valence-corrected chi connectivity index (χ1v) is 6.97. The van der Waals surface area contributed by atoms with Crippen molar-refractivity contribution in [3.63, 3.8) is 0 Å². The van der Waals surface area contributed by atoms with Crippen molar-refractivity contribution < 1.29 is 4.39 Å². The molecule has 3 heteroatoms. The summed E-state index contributed by atoms with van der Waals surface area (Å²) >= 11 is 0. The van der Waals surface area contributed by atoms with Gasteiger partial charge in [0, 0.05) is 25.8 Å². The molecule has 1 N–H and O–H groups in total. The van der Waals surface area contributed by atoms with Crippen LogP contribution in [-0.4, -0.2) is 13.6 Å². The fourth-order valence-electron chi connectivity index (χ4n) is 2.78. The number of anilines is 2. The molecule has 0 fully saturated rings. The van der Waals surface area contributed by atoms with Gasteiger partial charge in [-0.15, -0.1) is 0 Å². The smallest absolute Gasteiger partial charge is 0.146 e. The van der Waals surface area contributed by atoms with Gasteiger partial charge in [-0.1, -0.05) is 24.3 Å². The van der Waals surface area contributed by atoms with Crippen molar-refractivity contribution in [1.29, 1.82) is 0 Å². The third kappa shape index (κ3) is 2.36. The maximum absolute atomic E-state index is 13.8. The van der Waals surface area contributed by atoms with Gasteiger partial charge in [-0.05, 0) is 42.2 Å². The lowest BCUT2D eigenvalue weighted by Gasteiger charge is -2.13. The Bertz CT molecular complexity index is 617. The molecule has 20 heavy (non-hydrogen) atoms. The van der Waals surface area contributed by atoms with Crippen LogP contribution in [0.5, 0.6) is 0 Å². The number of nitrogens with one attached hydrogen (secondary N) is 1. The summed E-state index contributed by atoms with van der Waals surface area (Å²) in [4.78, 5) is 2.27. The van der Waals surface area contributed by atoms with Crippen LogP contribution < -0.4 is 10.2 Å². The summed E-state index contributed by atoms with van der Waals surface area (Å²) in [6.45, 7) is 3.65. The van der Waals surface area contributed by atoms with Gasteiger partial charge in [0.05, 0.1) is 5.69 Å². The second kappa shape index (κ2) is 5.16. The van der Waals surface area contributed by atoms with Crippen LogP contribution >= 0.6 is 0 Å². The van der Waals surface area contributed by atoms with E-state index in [1.807, 2.05) is 13.0 Å². The number of benzene rings is 2. The topological polar surface area (TPSA) is 15.3 Å². The molecule has 0 saturated heterocycles. The van der Waals surface area contributed by atoms with Crippen LogP contribution in [0.4, 0.5) is 15.8 Å². The molecule has 0 aliphatic carbocycles. The van der Waals surface area contributed by atoms with Gasteiger partial charge in [0.2, 0.25) is 0 Å². The zero-order valence-electron chi connectivity index (χ0n) is 11.9. The molecule has 0 atom stereocenters. The number of hydrogen-bond acceptors (Lipinski definition) is 2. The highest BCUT2D eigenvalue weighted by molar-refractivity contribution is 5.59. The number of nitrogens with zero attached hydrogens (tertiary/aromatic N) is 1. The van der Waals surface area contributed by atoms with Gasteiger partial charge in [0.15, 0.2) is 0 Å². The molecule has 1 heterocycles. The first-order valence-electron chi connectivity index (χ1n) is 6.97. The standard InChI is InChI=1S/C17H19FN2/c1-12-4-3-5-15(18)17(12)19-11-13-6-7-16-14(10-13)8-9-20(16)2/h3-7,10,19H,8-9,11H2,1-2H3. The van der Waals surface area contributed by atoms with Gasteiger partial charge in [-0.3, -0.25) is 0 Å². The summed E-state index contributed by atoms with van der Waals surface area (Å²) in [6.07, 6.45) is 1.10. The average Bonchev–Trinajstić information content (AvgIpc) is 2.79. The SMILES string of the molecule is Cc1cccc(F)c1NCc1ccc2c(c1)CCN2C. The quantitative estimate of drug-likeness (QED) is 0.914. The fourth-order valence-corrected chi connectivity index (χ4v) is 2.78. The van der Waals surface area contributed by atoms with Crippen molar-refractivity contribution in [2.24, 2.45) is 0 Å². The molecule has 2 aromatic rings. The molecule has 2 nitrogen and oxygen atoms in total. The maximum Gasteiger partial charge on any atom is 0.146 e. The van der Waals surface area contributed by atoms with E-state index in [2.05, 4.69) is 35.5 Å². The van der Waals surface area contributed by atoms with Crippen LogP contribution in [0.1, 0.15) is 16.7 Å². The van der Waals surface area contributed by atoms with E-state index in [9.17, 15) is 4.39 Å². The van der Waals surface area contributed by atoms with Gasteiger partial charge >= 0.3 is 0 Å². The van der Waals surface area contributed by atoms with E-state index in [1.165, 1.54) is 22.9 Å². The predicted molar refractivity (Wildman–Crippen MR) is 81.9 cm³/mol. The van der Waals surface area contributed by atoms with E-state index in [4.69, 9.17) is 0 Å². The highest BCUT2D eigenvalue weighted by atomic mass is 19.1. The van der Waals surface area contributed by atoms with Gasteiger partial charge in [-0.2, -0.15) is 0 Å². The molecule has 0 aromatic heterocycles. The zero-order chi connectivity index (χ0) is 14.1. The van der Waals surface area contributed by atoms with Crippen LogP contribution in [0.3, 0.4) is 0 Å². The Labute approximate surface area is 119 Å². The molecule has 2 aromatic carbocycles. The van der Waals surface area contributed by atoms with Gasteiger partial charge in [0.1, 0.15) is 5.82 Å². The zero-order valence-corrected chi connectivity index (χ0v) is 11.9. The highest BCUT2D eigenvalue weighted by Gasteiger charge is 2.15. The van der Waals surface area contributed by atoms with Gasteiger partial charge < -0.3 is 10.2 Å². The number of rotatable bonds is 3. The van der Waals surface area contributed by atoms with Crippen LogP contribution in [0.2, 0.25) is 0 Å². The molecular weight excluding hydrogens is 251 g/mol. The largest absolute Gasteiger partial charge is 0.378 e. The number of fused-ring (bicyclic) bond motifs is 1. The van der Waals surface area contributed by atoms with Crippen molar-refractivity contribution in [2.75, 3.05) is 23.8 Å². The second-order valence-electron chi connectivity index (χ2n) is 5.42. The predicted octanol–water partition coefficient (Wildman–Crippen LogP) is 3.74. The molecule has 0 bridgehead atoms. The monoisotopic (exact) mass is 270 g/mol. The van der Waals surface area contributed by atoms with Crippen molar-refractivity contribution >= 4 is 11.4 Å². The second-order valence-corrected chi connectivity index (χ2v) is 5.42. The van der Waals surface area contributed by atoms with Crippen LogP contribution in [0.15, 0.2) is 36.4 Å². The minimum Gasteiger partial charge on any atom is -0.378 e. The van der Waals surface area contributed by atoms with Crippen molar-refractivity contribution in [2.45, 2.75) is 19.9 Å². The lowest BCUT2D eigenvalue weighted by molar-refractivity contribution is 0.629. The molecule has 3 rings (SSSR count). The highest BCUT2D eigenvalue weighted by Crippen LogP contribution is 2.28. The third-order valence-electron chi connectivity index (χ3n) is 3.96. The van der Waals surface area contributed by atoms with E-state index in [0.29, 0.717) is 12.2 Å². The molecule has 1 aliphatic heterocycles.